The SMILES string of the molecule is COc1ccc(OCCNC(=O)C[C@H](CN2CCOCC2)[C@H](O)c2ccc3c(c2)OCCO3)cc1. The van der Waals surface area contributed by atoms with Crippen LogP contribution in [-0.4, -0.2) is 82.2 Å². The normalized spacial score (nSPS) is 17.3. The van der Waals surface area contributed by atoms with Crippen molar-refractivity contribution in [1.82, 2.24) is 10.2 Å². The molecule has 9 heteroatoms. The highest BCUT2D eigenvalue weighted by Crippen LogP contribution is 2.35. The summed E-state index contributed by atoms with van der Waals surface area (Å²) in [4.78, 5) is 15.0. The van der Waals surface area contributed by atoms with Gasteiger partial charge in [0.15, 0.2) is 11.5 Å². The zero-order chi connectivity index (χ0) is 24.5. The molecule has 1 amide bonds. The van der Waals surface area contributed by atoms with Crippen LogP contribution in [-0.2, 0) is 9.53 Å². The van der Waals surface area contributed by atoms with E-state index in [4.69, 9.17) is 23.7 Å². The Balaban J connectivity index is 1.33. The van der Waals surface area contributed by atoms with E-state index in [9.17, 15) is 9.90 Å². The van der Waals surface area contributed by atoms with Crippen molar-refractivity contribution >= 4 is 5.91 Å². The number of nitrogens with zero attached hydrogens (tertiary/aromatic N) is 1. The molecule has 0 bridgehead atoms. The number of carbonyl (C=O) groups excluding carboxylic acids is 1. The minimum absolute atomic E-state index is 0.127. The molecule has 190 valence electrons. The number of aliphatic hydroxyl groups excluding tert-OH is 1. The van der Waals surface area contributed by atoms with Crippen molar-refractivity contribution in [2.45, 2.75) is 12.5 Å². The van der Waals surface area contributed by atoms with Crippen LogP contribution >= 0.6 is 0 Å². The molecular weight excluding hydrogens is 452 g/mol. The average molecular weight is 487 g/mol. The van der Waals surface area contributed by atoms with E-state index in [0.29, 0.717) is 68.9 Å². The lowest BCUT2D eigenvalue weighted by molar-refractivity contribution is -0.123. The summed E-state index contributed by atoms with van der Waals surface area (Å²) >= 11 is 0. The number of methoxy groups -OCH3 is 1. The number of morpholine rings is 1. The quantitative estimate of drug-likeness (QED) is 0.466. The van der Waals surface area contributed by atoms with Crippen LogP contribution in [0.1, 0.15) is 18.1 Å². The first-order valence-corrected chi connectivity index (χ1v) is 12.0. The number of hydrogen-bond acceptors (Lipinski definition) is 8. The predicted molar refractivity (Wildman–Crippen MR) is 129 cm³/mol. The third-order valence-electron chi connectivity index (χ3n) is 6.15. The van der Waals surface area contributed by atoms with E-state index in [1.54, 1.807) is 7.11 Å². The van der Waals surface area contributed by atoms with E-state index in [1.807, 2.05) is 42.5 Å². The molecular formula is C26H34N2O7. The van der Waals surface area contributed by atoms with Crippen molar-refractivity contribution in [3.8, 4) is 23.0 Å². The monoisotopic (exact) mass is 486 g/mol. The van der Waals surface area contributed by atoms with E-state index >= 15 is 0 Å². The first kappa shape index (κ1) is 25.1. The van der Waals surface area contributed by atoms with Crippen LogP contribution in [0, 0.1) is 5.92 Å². The smallest absolute Gasteiger partial charge is 0.220 e. The van der Waals surface area contributed by atoms with Gasteiger partial charge in [-0.25, -0.2) is 0 Å². The Morgan fingerprint density at radius 2 is 1.74 bits per heavy atom. The van der Waals surface area contributed by atoms with Gasteiger partial charge in [0.2, 0.25) is 5.91 Å². The van der Waals surface area contributed by atoms with Crippen molar-refractivity contribution in [1.29, 1.82) is 0 Å². The maximum atomic E-state index is 12.8. The number of rotatable bonds is 11. The van der Waals surface area contributed by atoms with Gasteiger partial charge in [0.05, 0.1) is 33.0 Å². The predicted octanol–water partition coefficient (Wildman–Crippen LogP) is 2.03. The highest BCUT2D eigenvalue weighted by atomic mass is 16.6. The summed E-state index contributed by atoms with van der Waals surface area (Å²) in [6.07, 6.45) is -0.634. The number of nitrogens with one attached hydrogen (secondary N) is 1. The molecule has 2 atom stereocenters. The molecule has 35 heavy (non-hydrogen) atoms. The van der Waals surface area contributed by atoms with Crippen molar-refractivity contribution in [2.75, 3.05) is 66.3 Å². The number of benzene rings is 2. The van der Waals surface area contributed by atoms with Gasteiger partial charge in [-0.1, -0.05) is 6.07 Å². The summed E-state index contributed by atoms with van der Waals surface area (Å²) in [5.41, 5.74) is 0.711. The van der Waals surface area contributed by atoms with Crippen LogP contribution in [0.4, 0.5) is 0 Å². The molecule has 2 aliphatic heterocycles. The van der Waals surface area contributed by atoms with Gasteiger partial charge in [-0.15, -0.1) is 0 Å². The first-order chi connectivity index (χ1) is 17.1. The fraction of sp³-hybridized carbons (Fsp3) is 0.500. The van der Waals surface area contributed by atoms with E-state index in [1.165, 1.54) is 0 Å². The summed E-state index contributed by atoms with van der Waals surface area (Å²) in [6.45, 7) is 5.16. The van der Waals surface area contributed by atoms with Gasteiger partial charge < -0.3 is 34.1 Å². The minimum atomic E-state index is -0.824. The molecule has 0 aromatic heterocycles. The number of carbonyl (C=O) groups is 1. The Hall–Kier alpha value is -3.01. The van der Waals surface area contributed by atoms with Crippen LogP contribution < -0.4 is 24.3 Å². The number of fused-ring (bicyclic) bond motifs is 1. The largest absolute Gasteiger partial charge is 0.497 e. The molecule has 2 aromatic rings. The van der Waals surface area contributed by atoms with Gasteiger partial charge in [-0.3, -0.25) is 9.69 Å². The second-order valence-electron chi connectivity index (χ2n) is 8.60. The van der Waals surface area contributed by atoms with Crippen LogP contribution in [0.15, 0.2) is 42.5 Å². The molecule has 9 nitrogen and oxygen atoms in total. The highest BCUT2D eigenvalue weighted by molar-refractivity contribution is 5.76. The molecule has 0 aliphatic carbocycles. The molecule has 0 unspecified atom stereocenters. The summed E-state index contributed by atoms with van der Waals surface area (Å²) in [5, 5.41) is 14.2. The van der Waals surface area contributed by atoms with Crippen molar-refractivity contribution < 1.29 is 33.6 Å². The molecule has 2 aromatic carbocycles. The lowest BCUT2D eigenvalue weighted by Crippen LogP contribution is -2.42. The molecule has 0 radical (unpaired) electrons. The van der Waals surface area contributed by atoms with Crippen LogP contribution in [0.3, 0.4) is 0 Å². The molecule has 1 fully saturated rings. The van der Waals surface area contributed by atoms with Gasteiger partial charge >= 0.3 is 0 Å². The molecule has 2 aliphatic rings. The van der Waals surface area contributed by atoms with Crippen LogP contribution in [0.2, 0.25) is 0 Å². The van der Waals surface area contributed by atoms with Gasteiger partial charge in [0, 0.05) is 32.0 Å². The molecule has 1 saturated heterocycles. The van der Waals surface area contributed by atoms with Crippen molar-refractivity contribution in [3.05, 3.63) is 48.0 Å². The van der Waals surface area contributed by atoms with E-state index in [-0.39, 0.29) is 18.2 Å². The van der Waals surface area contributed by atoms with Crippen molar-refractivity contribution in [2.24, 2.45) is 5.92 Å². The summed E-state index contributed by atoms with van der Waals surface area (Å²) in [5.74, 6) is 2.34. The molecule has 2 heterocycles. The summed E-state index contributed by atoms with van der Waals surface area (Å²) < 4.78 is 27.5. The van der Waals surface area contributed by atoms with Crippen LogP contribution in [0.25, 0.3) is 0 Å². The maximum Gasteiger partial charge on any atom is 0.220 e. The molecule has 0 spiro atoms. The third kappa shape index (κ3) is 7.24. The van der Waals surface area contributed by atoms with Crippen molar-refractivity contribution in [3.63, 3.8) is 0 Å². The number of amides is 1. The third-order valence-corrected chi connectivity index (χ3v) is 6.15. The molecule has 0 saturated carbocycles. The lowest BCUT2D eigenvalue weighted by atomic mass is 9.91. The summed E-state index contributed by atoms with van der Waals surface area (Å²) in [7, 11) is 1.61. The second-order valence-corrected chi connectivity index (χ2v) is 8.60. The van der Waals surface area contributed by atoms with E-state index < -0.39 is 6.10 Å². The number of hydrogen-bond donors (Lipinski definition) is 2. The average Bonchev–Trinajstić information content (AvgIpc) is 2.91. The lowest BCUT2D eigenvalue weighted by Gasteiger charge is -2.32. The second kappa shape index (κ2) is 12.6. The zero-order valence-electron chi connectivity index (χ0n) is 20.1. The Bertz CT molecular complexity index is 947. The fourth-order valence-electron chi connectivity index (χ4n) is 4.25. The Labute approximate surface area is 205 Å². The molecule has 2 N–H and O–H groups in total. The Morgan fingerprint density at radius 1 is 1.03 bits per heavy atom. The number of aliphatic hydroxyl groups is 1. The topological polar surface area (TPSA) is 98.7 Å². The first-order valence-electron chi connectivity index (χ1n) is 12.0. The van der Waals surface area contributed by atoms with E-state index in [2.05, 4.69) is 10.2 Å². The maximum absolute atomic E-state index is 12.8. The Kier molecular flexibility index (Phi) is 9.05. The Morgan fingerprint density at radius 3 is 2.49 bits per heavy atom. The van der Waals surface area contributed by atoms with Gasteiger partial charge in [0.25, 0.3) is 0 Å². The van der Waals surface area contributed by atoms with Gasteiger partial charge in [-0.2, -0.15) is 0 Å². The standard InChI is InChI=1S/C26H34N2O7/c1-31-21-3-5-22(6-4-21)33-11-8-27-25(29)17-20(18-28-9-12-32-13-10-28)26(30)19-2-7-23-24(16-19)35-15-14-34-23/h2-7,16,20,26,30H,8-15,17-18H2,1H3,(H,27,29)/t20-,26-/m1/s1. The van der Waals surface area contributed by atoms with E-state index in [0.717, 1.165) is 18.8 Å². The fourth-order valence-corrected chi connectivity index (χ4v) is 4.25. The van der Waals surface area contributed by atoms with Crippen LogP contribution in [0.5, 0.6) is 23.0 Å². The van der Waals surface area contributed by atoms with Gasteiger partial charge in [0.1, 0.15) is 31.3 Å². The molecule has 4 rings (SSSR count). The van der Waals surface area contributed by atoms with Gasteiger partial charge in [-0.05, 0) is 42.0 Å². The summed E-state index contributed by atoms with van der Waals surface area (Å²) in [6, 6.07) is 12.8. The zero-order valence-corrected chi connectivity index (χ0v) is 20.1. The number of ether oxygens (including phenoxy) is 5. The minimum Gasteiger partial charge on any atom is -0.497 e. The highest BCUT2D eigenvalue weighted by Gasteiger charge is 2.28.